The Kier molecular flexibility index (Phi) is 19.1. The Morgan fingerprint density at radius 1 is 0.579 bits per heavy atom. The van der Waals surface area contributed by atoms with E-state index < -0.39 is 115 Å². The molecule has 0 heterocycles. The number of aliphatic carboxylic acids is 3. The maximum atomic E-state index is 13.6. The second-order valence-electron chi connectivity index (χ2n) is 14.0. The molecule has 0 bridgehead atoms. The molecule has 0 saturated heterocycles. The third-order valence-electron chi connectivity index (χ3n) is 8.59. The summed E-state index contributed by atoms with van der Waals surface area (Å²) in [6, 6.07) is 5.37. The van der Waals surface area contributed by atoms with Gasteiger partial charge in [-0.1, -0.05) is 56.3 Å². The minimum atomic E-state index is -1.81. The maximum Gasteiger partial charge on any atom is 0.326 e. The number of nitrogens with one attached hydrogen (secondary N) is 5. The van der Waals surface area contributed by atoms with E-state index in [9.17, 15) is 63.9 Å². The third-order valence-corrected chi connectivity index (χ3v) is 8.59. The minimum absolute atomic E-state index is 0.00642. The van der Waals surface area contributed by atoms with Crippen LogP contribution in [0, 0.1) is 5.92 Å². The van der Waals surface area contributed by atoms with Crippen molar-refractivity contribution in [3.05, 3.63) is 65.7 Å². The SMILES string of the molecule is CC(C)C[C@H](NC(=O)[C@H](CCC(=O)O)NC(=O)[C@@H](NC(=O)[C@H](CCC(=O)O)NC(=O)[C@@H](N)Cc1ccccc1)[C@@H](C)O)C(=O)N[C@@H](Cc1ccc(O)cc1)C(=O)O. The van der Waals surface area contributed by atoms with Crippen molar-refractivity contribution in [2.24, 2.45) is 11.7 Å². The van der Waals surface area contributed by atoms with Crippen LogP contribution in [0.3, 0.4) is 0 Å². The smallest absolute Gasteiger partial charge is 0.326 e. The van der Waals surface area contributed by atoms with Gasteiger partial charge in [0.2, 0.25) is 29.5 Å². The highest BCUT2D eigenvalue weighted by molar-refractivity contribution is 5.97. The van der Waals surface area contributed by atoms with Gasteiger partial charge in [-0.25, -0.2) is 4.79 Å². The van der Waals surface area contributed by atoms with Crippen molar-refractivity contribution in [3.8, 4) is 5.75 Å². The average Bonchev–Trinajstić information content (AvgIpc) is 3.13. The summed E-state index contributed by atoms with van der Waals surface area (Å²) in [4.78, 5) is 102. The van der Waals surface area contributed by atoms with Gasteiger partial charge in [0.05, 0.1) is 12.1 Å². The Labute approximate surface area is 328 Å². The van der Waals surface area contributed by atoms with E-state index in [0.717, 1.165) is 6.92 Å². The monoisotopic (exact) mass is 800 g/mol. The fraction of sp³-hybridized carbons (Fsp3) is 0.474. The molecular formula is C38H52N6O13. The molecule has 57 heavy (non-hydrogen) atoms. The summed E-state index contributed by atoms with van der Waals surface area (Å²) in [5.41, 5.74) is 7.22. The topological polar surface area (TPSA) is 324 Å². The molecule has 12 N–H and O–H groups in total. The van der Waals surface area contributed by atoms with Crippen molar-refractivity contribution >= 4 is 47.4 Å². The van der Waals surface area contributed by atoms with E-state index in [0.29, 0.717) is 11.1 Å². The Morgan fingerprint density at radius 3 is 1.53 bits per heavy atom. The van der Waals surface area contributed by atoms with E-state index in [1.54, 1.807) is 44.2 Å². The molecule has 0 fully saturated rings. The zero-order valence-electron chi connectivity index (χ0n) is 31.8. The Balaban J connectivity index is 2.26. The normalized spacial score (nSPS) is 14.7. The summed E-state index contributed by atoms with van der Waals surface area (Å²) in [5.74, 6) is -9.28. The van der Waals surface area contributed by atoms with Crippen LogP contribution in [0.4, 0.5) is 0 Å². The molecule has 2 rings (SSSR count). The second kappa shape index (κ2) is 23.1. The van der Waals surface area contributed by atoms with Gasteiger partial charge in [0.15, 0.2) is 0 Å². The first-order valence-electron chi connectivity index (χ1n) is 18.2. The summed E-state index contributed by atoms with van der Waals surface area (Å²) < 4.78 is 0. The molecule has 2 aromatic carbocycles. The van der Waals surface area contributed by atoms with Crippen molar-refractivity contribution in [1.29, 1.82) is 0 Å². The molecule has 0 aromatic heterocycles. The number of carbonyl (C=O) groups excluding carboxylic acids is 5. The lowest BCUT2D eigenvalue weighted by molar-refractivity contribution is -0.142. The van der Waals surface area contributed by atoms with Crippen molar-refractivity contribution in [3.63, 3.8) is 0 Å². The number of hydrogen-bond acceptors (Lipinski definition) is 11. The van der Waals surface area contributed by atoms with E-state index in [-0.39, 0.29) is 30.9 Å². The third kappa shape index (κ3) is 17.1. The number of carboxylic acids is 3. The first kappa shape index (κ1) is 47.1. The minimum Gasteiger partial charge on any atom is -0.508 e. The first-order valence-corrected chi connectivity index (χ1v) is 18.2. The number of hydrogen-bond donors (Lipinski definition) is 11. The van der Waals surface area contributed by atoms with Crippen molar-refractivity contribution in [1.82, 2.24) is 26.6 Å². The van der Waals surface area contributed by atoms with Gasteiger partial charge in [-0.05, 0) is 61.8 Å². The Morgan fingerprint density at radius 2 is 1.04 bits per heavy atom. The number of carbonyl (C=O) groups is 8. The Bertz CT molecular complexity index is 1700. The van der Waals surface area contributed by atoms with Gasteiger partial charge in [-0.15, -0.1) is 0 Å². The Hall–Kier alpha value is -6.08. The van der Waals surface area contributed by atoms with E-state index in [1.807, 2.05) is 0 Å². The fourth-order valence-corrected chi connectivity index (χ4v) is 5.55. The predicted molar refractivity (Wildman–Crippen MR) is 202 cm³/mol. The molecular weight excluding hydrogens is 748 g/mol. The highest BCUT2D eigenvalue weighted by Gasteiger charge is 2.35. The molecule has 0 aliphatic carbocycles. The highest BCUT2D eigenvalue weighted by atomic mass is 16.4. The van der Waals surface area contributed by atoms with Crippen LogP contribution in [0.25, 0.3) is 0 Å². The van der Waals surface area contributed by atoms with E-state index in [4.69, 9.17) is 5.73 Å². The largest absolute Gasteiger partial charge is 0.508 e. The molecule has 312 valence electrons. The number of rotatable bonds is 24. The number of benzene rings is 2. The predicted octanol–water partition coefficient (Wildman–Crippen LogP) is -0.830. The van der Waals surface area contributed by atoms with Crippen molar-refractivity contribution in [2.75, 3.05) is 0 Å². The molecule has 19 heteroatoms. The molecule has 19 nitrogen and oxygen atoms in total. The van der Waals surface area contributed by atoms with Gasteiger partial charge in [0.25, 0.3) is 0 Å². The standard InChI is InChI=1S/C38H52N6O13/c1-20(2)17-28(36(54)43-29(38(56)57)19-23-9-11-24(46)12-10-23)42-34(52)26(13-15-30(47)48)41-37(55)32(21(3)45)44-35(53)27(14-16-31(49)50)40-33(51)25(39)18-22-7-5-4-6-8-22/h4-12,20-21,25-29,32,45-46H,13-19,39H2,1-3H3,(H,40,51)(H,41,55)(H,42,52)(H,43,54)(H,44,53)(H,47,48)(H,49,50)(H,56,57)/t21-,25+,26+,27+,28+,29+,32+/m1/s1. The molecule has 2 aromatic rings. The van der Waals surface area contributed by atoms with Crippen LogP contribution in [-0.2, 0) is 51.2 Å². The highest BCUT2D eigenvalue weighted by Crippen LogP contribution is 2.13. The molecule has 0 saturated carbocycles. The fourth-order valence-electron chi connectivity index (χ4n) is 5.55. The molecule has 0 radical (unpaired) electrons. The van der Waals surface area contributed by atoms with Crippen molar-refractivity contribution in [2.45, 2.75) is 108 Å². The van der Waals surface area contributed by atoms with E-state index in [2.05, 4.69) is 26.6 Å². The lowest BCUT2D eigenvalue weighted by Gasteiger charge is -2.28. The first-order chi connectivity index (χ1) is 26.8. The van der Waals surface area contributed by atoms with Crippen LogP contribution in [0.5, 0.6) is 5.75 Å². The van der Waals surface area contributed by atoms with Gasteiger partial charge in [0, 0.05) is 19.3 Å². The number of nitrogens with two attached hydrogens (primary N) is 1. The van der Waals surface area contributed by atoms with E-state index in [1.165, 1.54) is 24.3 Å². The molecule has 0 spiro atoms. The van der Waals surface area contributed by atoms with Gasteiger partial charge in [0.1, 0.15) is 36.0 Å². The lowest BCUT2D eigenvalue weighted by atomic mass is 10.0. The zero-order valence-corrected chi connectivity index (χ0v) is 31.8. The van der Waals surface area contributed by atoms with Crippen molar-refractivity contribution < 1.29 is 63.9 Å². The van der Waals surface area contributed by atoms with E-state index >= 15 is 0 Å². The van der Waals surface area contributed by atoms with Crippen LogP contribution in [0.1, 0.15) is 64.0 Å². The van der Waals surface area contributed by atoms with Gasteiger partial charge in [-0.2, -0.15) is 0 Å². The summed E-state index contributed by atoms with van der Waals surface area (Å²) in [6.45, 7) is 4.57. The van der Waals surface area contributed by atoms with Crippen LogP contribution < -0.4 is 32.3 Å². The molecule has 0 aliphatic heterocycles. The summed E-state index contributed by atoms with van der Waals surface area (Å²) >= 11 is 0. The number of aliphatic hydroxyl groups excluding tert-OH is 1. The number of amides is 5. The van der Waals surface area contributed by atoms with Crippen LogP contribution in [0.15, 0.2) is 54.6 Å². The van der Waals surface area contributed by atoms with Gasteiger partial charge < -0.3 is 57.9 Å². The summed E-state index contributed by atoms with van der Waals surface area (Å²) in [6.07, 6.45) is -3.91. The number of carboxylic acid groups (broad SMARTS) is 3. The number of phenolic OH excluding ortho intramolecular Hbond substituents is 1. The van der Waals surface area contributed by atoms with Gasteiger partial charge >= 0.3 is 17.9 Å². The lowest BCUT2D eigenvalue weighted by Crippen LogP contribution is -2.61. The van der Waals surface area contributed by atoms with Crippen LogP contribution >= 0.6 is 0 Å². The average molecular weight is 801 g/mol. The van der Waals surface area contributed by atoms with Gasteiger partial charge in [-0.3, -0.25) is 33.6 Å². The summed E-state index contributed by atoms with van der Waals surface area (Å²) in [7, 11) is 0. The quantitative estimate of drug-likeness (QED) is 0.0618. The van der Waals surface area contributed by atoms with Crippen LogP contribution in [-0.4, -0.2) is 115 Å². The number of aliphatic hydroxyl groups is 1. The number of phenols is 1. The maximum absolute atomic E-state index is 13.6. The molecule has 0 unspecified atom stereocenters. The number of aromatic hydroxyl groups is 1. The summed E-state index contributed by atoms with van der Waals surface area (Å²) in [5, 5.41) is 60.2. The molecule has 7 atom stereocenters. The zero-order chi connectivity index (χ0) is 42.8. The second-order valence-corrected chi connectivity index (χ2v) is 14.0. The molecule has 0 aliphatic rings. The van der Waals surface area contributed by atoms with Crippen LogP contribution in [0.2, 0.25) is 0 Å². The molecule has 5 amide bonds.